The van der Waals surface area contributed by atoms with E-state index in [1.165, 1.54) is 0 Å². The molecule has 0 radical (unpaired) electrons. The summed E-state index contributed by atoms with van der Waals surface area (Å²) in [5, 5.41) is 0. The number of fused-ring (bicyclic) bond motifs is 1. The zero-order valence-electron chi connectivity index (χ0n) is 17.4. The number of nitrogens with two attached hydrogens (primary N) is 1. The summed E-state index contributed by atoms with van der Waals surface area (Å²) >= 11 is 0. The lowest BCUT2D eigenvalue weighted by atomic mass is 10.1. The summed E-state index contributed by atoms with van der Waals surface area (Å²) in [6, 6.07) is 11.1. The number of carbonyl (C=O) groups is 1. The summed E-state index contributed by atoms with van der Waals surface area (Å²) in [7, 11) is 3.43. The zero-order valence-corrected chi connectivity index (χ0v) is 17.4. The highest BCUT2D eigenvalue weighted by atomic mass is 16.5. The van der Waals surface area contributed by atoms with Gasteiger partial charge >= 0.3 is 6.03 Å². The van der Waals surface area contributed by atoms with Gasteiger partial charge in [0, 0.05) is 36.6 Å². The van der Waals surface area contributed by atoms with Gasteiger partial charge in [-0.1, -0.05) is 6.07 Å². The van der Waals surface area contributed by atoms with Crippen molar-refractivity contribution < 1.29 is 9.53 Å². The number of hydrogen-bond donors (Lipinski definition) is 1. The molecule has 0 spiro atoms. The maximum absolute atomic E-state index is 13.4. The van der Waals surface area contributed by atoms with Gasteiger partial charge in [-0.3, -0.25) is 0 Å². The first kappa shape index (κ1) is 19.1. The molecule has 158 valence electrons. The fourth-order valence-corrected chi connectivity index (χ4v) is 3.70. The smallest absolute Gasteiger partial charge is 0.330 e. The van der Waals surface area contributed by atoms with E-state index in [0.717, 1.165) is 24.1 Å². The lowest BCUT2D eigenvalue weighted by molar-refractivity contribution is 0.198. The number of benzene rings is 1. The van der Waals surface area contributed by atoms with Gasteiger partial charge in [0.2, 0.25) is 11.8 Å². The molecule has 0 saturated heterocycles. The predicted octanol–water partition coefficient (Wildman–Crippen LogP) is 3.47. The number of amides is 2. The van der Waals surface area contributed by atoms with Gasteiger partial charge in [0.1, 0.15) is 0 Å². The van der Waals surface area contributed by atoms with Crippen LogP contribution in [-0.2, 0) is 6.54 Å². The molecule has 9 heteroatoms. The van der Waals surface area contributed by atoms with E-state index in [-0.39, 0.29) is 12.1 Å². The number of ether oxygens (including phenoxy) is 1. The van der Waals surface area contributed by atoms with Crippen molar-refractivity contribution in [3.63, 3.8) is 0 Å². The Morgan fingerprint density at radius 2 is 2.00 bits per heavy atom. The average molecular weight is 417 g/mol. The van der Waals surface area contributed by atoms with Crippen LogP contribution < -0.4 is 20.3 Å². The minimum atomic E-state index is -0.0842. The zero-order chi connectivity index (χ0) is 21.5. The molecule has 31 heavy (non-hydrogen) atoms. The molecular formula is C22H23N7O2. The second-order valence-corrected chi connectivity index (χ2v) is 7.71. The topological polar surface area (TPSA) is 101 Å². The Morgan fingerprint density at radius 1 is 1.16 bits per heavy atom. The fourth-order valence-electron chi connectivity index (χ4n) is 3.70. The Balaban J connectivity index is 1.56. The normalized spacial score (nSPS) is 15.6. The molecule has 1 fully saturated rings. The van der Waals surface area contributed by atoms with Gasteiger partial charge < -0.3 is 20.3 Å². The van der Waals surface area contributed by atoms with Crippen molar-refractivity contribution in [2.24, 2.45) is 0 Å². The van der Waals surface area contributed by atoms with E-state index in [4.69, 9.17) is 15.5 Å². The maximum Gasteiger partial charge on any atom is 0.330 e. The molecule has 9 nitrogen and oxygen atoms in total. The van der Waals surface area contributed by atoms with E-state index in [1.54, 1.807) is 42.6 Å². The van der Waals surface area contributed by atoms with Gasteiger partial charge in [-0.25, -0.2) is 19.7 Å². The first-order valence-electron chi connectivity index (χ1n) is 10.1. The van der Waals surface area contributed by atoms with E-state index in [1.807, 2.05) is 35.0 Å². The Morgan fingerprint density at radius 3 is 2.68 bits per heavy atom. The minimum Gasteiger partial charge on any atom is -0.481 e. The predicted molar refractivity (Wildman–Crippen MR) is 118 cm³/mol. The van der Waals surface area contributed by atoms with E-state index >= 15 is 0 Å². The summed E-state index contributed by atoms with van der Waals surface area (Å²) in [5.74, 6) is 1.57. The molecule has 3 heterocycles. The van der Waals surface area contributed by atoms with Crippen LogP contribution in [0.25, 0.3) is 0 Å². The monoisotopic (exact) mass is 417 g/mol. The third-order valence-corrected chi connectivity index (χ3v) is 5.55. The maximum atomic E-state index is 13.4. The van der Waals surface area contributed by atoms with Crippen LogP contribution in [0.1, 0.15) is 18.4 Å². The SMILES string of the molecule is COc1ccc(N(C)c2ncc3c(n2)N(c2cccc(N)c2)C(=O)N(C2CC2)C3)cn1. The number of aromatic nitrogens is 3. The molecule has 2 aliphatic rings. The molecule has 0 atom stereocenters. The number of carbonyl (C=O) groups excluding carboxylic acids is 1. The Labute approximate surface area is 180 Å². The molecule has 0 unspecified atom stereocenters. The summed E-state index contributed by atoms with van der Waals surface area (Å²) in [5.41, 5.74) is 8.99. The van der Waals surface area contributed by atoms with Crippen molar-refractivity contribution >= 4 is 34.9 Å². The average Bonchev–Trinajstić information content (AvgIpc) is 3.63. The third-order valence-electron chi connectivity index (χ3n) is 5.55. The van der Waals surface area contributed by atoms with E-state index in [9.17, 15) is 4.79 Å². The number of rotatable bonds is 5. The molecule has 5 rings (SSSR count). The van der Waals surface area contributed by atoms with Crippen molar-refractivity contribution in [2.75, 3.05) is 29.7 Å². The van der Waals surface area contributed by atoms with Crippen molar-refractivity contribution in [1.29, 1.82) is 0 Å². The number of urea groups is 1. The Bertz CT molecular complexity index is 1130. The van der Waals surface area contributed by atoms with E-state index < -0.39 is 0 Å². The van der Waals surface area contributed by atoms with Gasteiger partial charge in [0.25, 0.3) is 0 Å². The largest absolute Gasteiger partial charge is 0.481 e. The van der Waals surface area contributed by atoms with Crippen molar-refractivity contribution in [3.8, 4) is 5.88 Å². The Kier molecular flexibility index (Phi) is 4.58. The number of nitrogen functional groups attached to an aromatic ring is 1. The van der Waals surface area contributed by atoms with Crippen molar-refractivity contribution in [3.05, 3.63) is 54.4 Å². The summed E-state index contributed by atoms with van der Waals surface area (Å²) in [6.45, 7) is 0.506. The van der Waals surface area contributed by atoms with Gasteiger partial charge in [-0.2, -0.15) is 4.98 Å². The van der Waals surface area contributed by atoms with Crippen LogP contribution >= 0.6 is 0 Å². The fraction of sp³-hybridized carbons (Fsp3) is 0.273. The molecule has 1 saturated carbocycles. The molecule has 1 aromatic carbocycles. The molecule has 1 aliphatic carbocycles. The van der Waals surface area contributed by atoms with Crippen molar-refractivity contribution in [2.45, 2.75) is 25.4 Å². The highest BCUT2D eigenvalue weighted by Crippen LogP contribution is 2.39. The number of anilines is 5. The second-order valence-electron chi connectivity index (χ2n) is 7.71. The van der Waals surface area contributed by atoms with Gasteiger partial charge in [-0.15, -0.1) is 0 Å². The number of methoxy groups -OCH3 is 1. The van der Waals surface area contributed by atoms with Gasteiger partial charge in [0.05, 0.1) is 31.2 Å². The second kappa shape index (κ2) is 7.42. The minimum absolute atomic E-state index is 0.0842. The van der Waals surface area contributed by atoms with Crippen LogP contribution in [0.5, 0.6) is 5.88 Å². The summed E-state index contributed by atoms with van der Waals surface area (Å²) < 4.78 is 5.13. The number of nitrogens with zero attached hydrogens (tertiary/aromatic N) is 6. The highest BCUT2D eigenvalue weighted by molar-refractivity contribution is 6.01. The van der Waals surface area contributed by atoms with Crippen LogP contribution in [-0.4, -0.2) is 46.1 Å². The molecule has 2 aromatic heterocycles. The van der Waals surface area contributed by atoms with Crippen LogP contribution in [0, 0.1) is 0 Å². The van der Waals surface area contributed by atoms with E-state index in [0.29, 0.717) is 35.6 Å². The Hall–Kier alpha value is -3.88. The van der Waals surface area contributed by atoms with Crippen LogP contribution in [0.3, 0.4) is 0 Å². The molecular weight excluding hydrogens is 394 g/mol. The highest BCUT2D eigenvalue weighted by Gasteiger charge is 2.41. The molecule has 2 N–H and O–H groups in total. The third kappa shape index (κ3) is 3.48. The van der Waals surface area contributed by atoms with Crippen LogP contribution in [0.15, 0.2) is 48.8 Å². The molecule has 3 aromatic rings. The van der Waals surface area contributed by atoms with Gasteiger partial charge in [0.15, 0.2) is 5.82 Å². The van der Waals surface area contributed by atoms with Gasteiger partial charge in [-0.05, 0) is 37.1 Å². The van der Waals surface area contributed by atoms with Crippen molar-refractivity contribution in [1.82, 2.24) is 19.9 Å². The summed E-state index contributed by atoms with van der Waals surface area (Å²) in [4.78, 5) is 32.4. The molecule has 2 amide bonds. The van der Waals surface area contributed by atoms with E-state index in [2.05, 4.69) is 9.97 Å². The quantitative estimate of drug-likeness (QED) is 0.634. The first-order chi connectivity index (χ1) is 15.0. The lowest BCUT2D eigenvalue weighted by Gasteiger charge is -2.36. The van der Waals surface area contributed by atoms with Crippen LogP contribution in [0.2, 0.25) is 0 Å². The standard InChI is InChI=1S/C22H23N7O2/c1-27(18-8-9-19(31-2)24-12-18)21-25-11-14-13-28(16-6-7-16)22(30)29(20(14)26-21)17-5-3-4-15(23)10-17/h3-5,8-12,16H,6-7,13,23H2,1-2H3. The summed E-state index contributed by atoms with van der Waals surface area (Å²) in [6.07, 6.45) is 5.54. The van der Waals surface area contributed by atoms with Crippen LogP contribution in [0.4, 0.5) is 33.6 Å². The number of pyridine rings is 1. The molecule has 1 aliphatic heterocycles. The number of hydrogen-bond acceptors (Lipinski definition) is 7. The first-order valence-corrected chi connectivity index (χ1v) is 10.1. The lowest BCUT2D eigenvalue weighted by Crippen LogP contribution is -2.46. The molecule has 0 bridgehead atoms.